The molecule has 0 heterocycles. The Labute approximate surface area is 146 Å². The van der Waals surface area contributed by atoms with Crippen LogP contribution in [0.3, 0.4) is 0 Å². The molecule has 0 radical (unpaired) electrons. The minimum atomic E-state index is -3.81. The van der Waals surface area contributed by atoms with Gasteiger partial charge in [0.05, 0.1) is 4.90 Å². The Morgan fingerprint density at radius 3 is 2.12 bits per heavy atom. The van der Waals surface area contributed by atoms with E-state index in [0.29, 0.717) is 0 Å². The van der Waals surface area contributed by atoms with Crippen LogP contribution in [0.4, 0.5) is 23.2 Å². The Morgan fingerprint density at radius 1 is 1.00 bits per heavy atom. The summed E-state index contributed by atoms with van der Waals surface area (Å²) in [6.07, 6.45) is 0. The number of nitrogens with zero attached hydrogens (tertiary/aromatic N) is 1. The monoisotopic (exact) mass is 391 g/mol. The average molecular weight is 391 g/mol. The molecule has 0 aliphatic carbocycles. The van der Waals surface area contributed by atoms with Crippen molar-refractivity contribution in [1.82, 2.24) is 9.73 Å². The molecule has 26 heavy (non-hydrogen) atoms. The third kappa shape index (κ3) is 3.78. The molecule has 0 unspecified atom stereocenters. The molecule has 1 amide bonds. The molecule has 0 atom stereocenters. The van der Waals surface area contributed by atoms with Gasteiger partial charge in [-0.1, -0.05) is 6.07 Å². The van der Waals surface area contributed by atoms with Crippen LogP contribution >= 0.6 is 0 Å². The molecule has 0 saturated carbocycles. The minimum Gasteiger partial charge on any atom is -0.293 e. The van der Waals surface area contributed by atoms with Crippen LogP contribution in [-0.2, 0) is 10.0 Å². The van der Waals surface area contributed by atoms with E-state index < -0.39 is 44.9 Å². The van der Waals surface area contributed by atoms with E-state index in [9.17, 15) is 30.8 Å². The number of carbonyl (C=O) groups excluding carboxylic acids is 1. The van der Waals surface area contributed by atoms with Crippen molar-refractivity contribution in [3.05, 3.63) is 59.2 Å². The van der Waals surface area contributed by atoms with E-state index in [-0.39, 0.29) is 16.5 Å². The summed E-state index contributed by atoms with van der Waals surface area (Å²) in [6, 6.07) is 4.83. The van der Waals surface area contributed by atoms with Crippen LogP contribution in [0.1, 0.15) is 10.4 Å². The Kier molecular flexibility index (Phi) is 5.52. The molecule has 0 fully saturated rings. The summed E-state index contributed by atoms with van der Waals surface area (Å²) in [7, 11) is -1.21. The second-order valence-electron chi connectivity index (χ2n) is 5.24. The zero-order chi connectivity index (χ0) is 19.6. The Bertz CT molecular complexity index is 939. The molecule has 2 aromatic carbocycles. The minimum absolute atomic E-state index is 0.0211. The van der Waals surface area contributed by atoms with Crippen molar-refractivity contribution in [3.8, 4) is 0 Å². The van der Waals surface area contributed by atoms with Gasteiger partial charge < -0.3 is 0 Å². The fourth-order valence-electron chi connectivity index (χ4n) is 1.88. The number of hydrazine groups is 1. The van der Waals surface area contributed by atoms with E-state index in [2.05, 4.69) is 0 Å². The maximum absolute atomic E-state index is 13.5. The van der Waals surface area contributed by atoms with E-state index in [1.54, 1.807) is 5.43 Å². The smallest absolute Gasteiger partial charge is 0.269 e. The summed E-state index contributed by atoms with van der Waals surface area (Å²) in [5.74, 6) is -7.75. The maximum atomic E-state index is 13.5. The van der Waals surface area contributed by atoms with Crippen LogP contribution in [0.25, 0.3) is 0 Å². The predicted octanol–water partition coefficient (Wildman–Crippen LogP) is 2.25. The van der Waals surface area contributed by atoms with Crippen molar-refractivity contribution >= 4 is 21.6 Å². The number of rotatable bonds is 5. The highest BCUT2D eigenvalue weighted by atomic mass is 32.2. The quantitative estimate of drug-likeness (QED) is 0.466. The van der Waals surface area contributed by atoms with E-state index in [0.717, 1.165) is 10.4 Å². The molecule has 0 bridgehead atoms. The number of benzene rings is 2. The summed E-state index contributed by atoms with van der Waals surface area (Å²) in [5.41, 5.74) is 2.20. The number of amides is 1. The van der Waals surface area contributed by atoms with Gasteiger partial charge >= 0.3 is 0 Å². The highest BCUT2D eigenvalue weighted by Gasteiger charge is 2.21. The standard InChI is InChI=1S/C15H13F4N3O3S/c1-22(2)26(24,25)9-5-3-4-8(6-9)15(23)21-20-14-12(18)10(16)7-11(17)13(14)19/h3-7,20H,1-2H3,(H,21,23). The number of halogens is 4. The van der Waals surface area contributed by atoms with Crippen LogP contribution in [0.5, 0.6) is 0 Å². The predicted molar refractivity (Wildman–Crippen MR) is 84.7 cm³/mol. The van der Waals surface area contributed by atoms with Crippen molar-refractivity contribution in [3.63, 3.8) is 0 Å². The molecule has 2 rings (SSSR count). The van der Waals surface area contributed by atoms with E-state index in [4.69, 9.17) is 0 Å². The summed E-state index contributed by atoms with van der Waals surface area (Å²) in [5, 5.41) is 0. The van der Waals surface area contributed by atoms with Crippen molar-refractivity contribution in [2.75, 3.05) is 19.5 Å². The summed E-state index contributed by atoms with van der Waals surface area (Å²) in [4.78, 5) is 11.9. The number of hydrogen-bond donors (Lipinski definition) is 2. The Hall–Kier alpha value is -2.66. The molecular weight excluding hydrogens is 378 g/mol. The molecule has 2 aromatic rings. The van der Waals surface area contributed by atoms with Gasteiger partial charge in [-0.25, -0.2) is 30.3 Å². The third-order valence-electron chi connectivity index (χ3n) is 3.29. The zero-order valence-corrected chi connectivity index (χ0v) is 14.3. The molecule has 11 heteroatoms. The summed E-state index contributed by atoms with van der Waals surface area (Å²) in [6.45, 7) is 0. The lowest BCUT2D eigenvalue weighted by molar-refractivity contribution is 0.0962. The normalized spacial score (nSPS) is 11.5. The van der Waals surface area contributed by atoms with Crippen molar-refractivity contribution < 1.29 is 30.8 Å². The first-order valence-corrected chi connectivity index (χ1v) is 8.41. The number of anilines is 1. The lowest BCUT2D eigenvalue weighted by Gasteiger charge is -2.13. The number of carbonyl (C=O) groups is 1. The molecule has 6 nitrogen and oxygen atoms in total. The van der Waals surface area contributed by atoms with Gasteiger partial charge in [0.1, 0.15) is 5.69 Å². The largest absolute Gasteiger partial charge is 0.293 e. The lowest BCUT2D eigenvalue weighted by Crippen LogP contribution is -2.31. The topological polar surface area (TPSA) is 78.5 Å². The second-order valence-corrected chi connectivity index (χ2v) is 7.39. The van der Waals surface area contributed by atoms with Gasteiger partial charge in [0.25, 0.3) is 5.91 Å². The van der Waals surface area contributed by atoms with Gasteiger partial charge in [-0.2, -0.15) is 0 Å². The molecule has 0 aliphatic rings. The Balaban J connectivity index is 2.25. The van der Waals surface area contributed by atoms with Crippen LogP contribution in [0.15, 0.2) is 35.2 Å². The number of sulfonamides is 1. The number of nitrogens with one attached hydrogen (secondary N) is 2. The molecule has 0 spiro atoms. The van der Waals surface area contributed by atoms with Gasteiger partial charge in [0.15, 0.2) is 23.3 Å². The molecule has 0 aliphatic heterocycles. The number of hydrogen-bond acceptors (Lipinski definition) is 4. The molecule has 140 valence electrons. The first-order valence-electron chi connectivity index (χ1n) is 6.97. The fraction of sp³-hybridized carbons (Fsp3) is 0.133. The third-order valence-corrected chi connectivity index (χ3v) is 5.10. The average Bonchev–Trinajstić information content (AvgIpc) is 2.59. The van der Waals surface area contributed by atoms with Gasteiger partial charge in [-0.15, -0.1) is 0 Å². The SMILES string of the molecule is CN(C)S(=O)(=O)c1cccc(C(=O)NNc2c(F)c(F)cc(F)c2F)c1. The summed E-state index contributed by atoms with van der Waals surface area (Å²) >= 11 is 0. The maximum Gasteiger partial charge on any atom is 0.269 e. The van der Waals surface area contributed by atoms with Crippen LogP contribution in [0.2, 0.25) is 0 Å². The van der Waals surface area contributed by atoms with Crippen LogP contribution in [-0.4, -0.2) is 32.7 Å². The molecular formula is C15H13F4N3O3S. The van der Waals surface area contributed by atoms with Crippen molar-refractivity contribution in [2.45, 2.75) is 4.90 Å². The van der Waals surface area contributed by atoms with Crippen molar-refractivity contribution in [1.29, 1.82) is 0 Å². The first kappa shape index (κ1) is 19.7. The highest BCUT2D eigenvalue weighted by molar-refractivity contribution is 7.89. The molecule has 2 N–H and O–H groups in total. The Morgan fingerprint density at radius 2 is 1.58 bits per heavy atom. The van der Waals surface area contributed by atoms with E-state index in [1.807, 2.05) is 5.43 Å². The molecule has 0 saturated heterocycles. The van der Waals surface area contributed by atoms with Crippen molar-refractivity contribution in [2.24, 2.45) is 0 Å². The van der Waals surface area contributed by atoms with E-state index >= 15 is 0 Å². The highest BCUT2D eigenvalue weighted by Crippen LogP contribution is 2.23. The summed E-state index contributed by atoms with van der Waals surface area (Å²) < 4.78 is 78.3. The van der Waals surface area contributed by atoms with Gasteiger partial charge in [-0.3, -0.25) is 15.6 Å². The lowest BCUT2D eigenvalue weighted by atomic mass is 10.2. The van der Waals surface area contributed by atoms with Gasteiger partial charge in [0, 0.05) is 25.7 Å². The van der Waals surface area contributed by atoms with Crippen LogP contribution in [0, 0.1) is 23.3 Å². The first-order chi connectivity index (χ1) is 12.1. The second kappa shape index (κ2) is 7.30. The van der Waals surface area contributed by atoms with Gasteiger partial charge in [-0.05, 0) is 18.2 Å². The van der Waals surface area contributed by atoms with E-state index in [1.165, 1.54) is 32.3 Å². The fourth-order valence-corrected chi connectivity index (χ4v) is 2.83. The zero-order valence-electron chi connectivity index (χ0n) is 13.5. The van der Waals surface area contributed by atoms with Crippen LogP contribution < -0.4 is 10.9 Å². The van der Waals surface area contributed by atoms with Gasteiger partial charge in [0.2, 0.25) is 10.0 Å². The molecule has 0 aromatic heterocycles.